The maximum absolute atomic E-state index is 9.36. The third-order valence-electron chi connectivity index (χ3n) is 3.48. The Kier molecular flexibility index (Phi) is 4.00. The topological polar surface area (TPSA) is 38.7 Å². The Hall–Kier alpha value is -0.120. The summed E-state index contributed by atoms with van der Waals surface area (Å²) in [7, 11) is 0. The van der Waals surface area contributed by atoms with Crippen LogP contribution >= 0.6 is 0 Å². The van der Waals surface area contributed by atoms with E-state index in [1.54, 1.807) is 0 Å². The highest BCUT2D eigenvalue weighted by Gasteiger charge is 2.25. The van der Waals surface area contributed by atoms with Crippen LogP contribution < -0.4 is 0 Å². The summed E-state index contributed by atoms with van der Waals surface area (Å²) >= 11 is 0. The summed E-state index contributed by atoms with van der Waals surface area (Å²) in [5.74, 6) is 0. The molecule has 2 atom stereocenters. The molecule has 2 aliphatic rings. The third-order valence-corrected chi connectivity index (χ3v) is 3.48. The first-order valence-corrected chi connectivity index (χ1v) is 6.19. The molecule has 1 aliphatic heterocycles. The summed E-state index contributed by atoms with van der Waals surface area (Å²) < 4.78 is 11.5. The lowest BCUT2D eigenvalue weighted by Gasteiger charge is -2.26. The van der Waals surface area contributed by atoms with Gasteiger partial charge in [0.1, 0.15) is 0 Å². The zero-order chi connectivity index (χ0) is 10.7. The lowest BCUT2D eigenvalue weighted by molar-refractivity contribution is -0.0573. The maximum Gasteiger partial charge on any atom is 0.0813 e. The SMILES string of the molecule is CC1CCC(COC2CCC(O)CC2)O1. The third kappa shape index (κ3) is 3.44. The molecule has 3 nitrogen and oxygen atoms in total. The number of ether oxygens (including phenoxy) is 2. The molecule has 15 heavy (non-hydrogen) atoms. The molecule has 0 amide bonds. The van der Waals surface area contributed by atoms with Crippen molar-refractivity contribution in [2.24, 2.45) is 0 Å². The molecule has 0 spiro atoms. The smallest absolute Gasteiger partial charge is 0.0813 e. The van der Waals surface area contributed by atoms with Gasteiger partial charge in [-0.05, 0) is 45.4 Å². The molecule has 1 saturated heterocycles. The highest BCUT2D eigenvalue weighted by atomic mass is 16.5. The van der Waals surface area contributed by atoms with Gasteiger partial charge >= 0.3 is 0 Å². The van der Waals surface area contributed by atoms with E-state index in [1.165, 1.54) is 0 Å². The summed E-state index contributed by atoms with van der Waals surface area (Å²) in [6.45, 7) is 2.86. The average Bonchev–Trinajstić information content (AvgIpc) is 2.64. The monoisotopic (exact) mass is 214 g/mol. The van der Waals surface area contributed by atoms with Gasteiger partial charge in [0.15, 0.2) is 0 Å². The van der Waals surface area contributed by atoms with Gasteiger partial charge in [0, 0.05) is 0 Å². The van der Waals surface area contributed by atoms with Gasteiger partial charge in [-0.1, -0.05) is 0 Å². The molecule has 2 rings (SSSR count). The molecule has 0 aromatic heterocycles. The molecule has 1 saturated carbocycles. The zero-order valence-electron chi connectivity index (χ0n) is 9.52. The zero-order valence-corrected chi connectivity index (χ0v) is 9.52. The Balaban J connectivity index is 1.61. The van der Waals surface area contributed by atoms with Gasteiger partial charge < -0.3 is 14.6 Å². The summed E-state index contributed by atoms with van der Waals surface area (Å²) in [6.07, 6.45) is 7.08. The molecule has 88 valence electrons. The molecular formula is C12H22O3. The van der Waals surface area contributed by atoms with Crippen LogP contribution in [0.4, 0.5) is 0 Å². The van der Waals surface area contributed by atoms with Crippen molar-refractivity contribution in [2.45, 2.75) is 69.9 Å². The second-order valence-corrected chi connectivity index (χ2v) is 4.91. The molecule has 3 heteroatoms. The Morgan fingerprint density at radius 1 is 1.13 bits per heavy atom. The standard InChI is InChI=1S/C12H22O3/c1-9-2-5-12(15-9)8-14-11-6-3-10(13)4-7-11/h9-13H,2-8H2,1H3. The largest absolute Gasteiger partial charge is 0.393 e. The van der Waals surface area contributed by atoms with Gasteiger partial charge in [-0.15, -0.1) is 0 Å². The Bertz CT molecular complexity index is 187. The molecule has 0 aromatic rings. The van der Waals surface area contributed by atoms with Crippen LogP contribution in [-0.2, 0) is 9.47 Å². The molecule has 1 N–H and O–H groups in total. The van der Waals surface area contributed by atoms with Crippen LogP contribution in [0.5, 0.6) is 0 Å². The second-order valence-electron chi connectivity index (χ2n) is 4.91. The predicted molar refractivity (Wildman–Crippen MR) is 57.8 cm³/mol. The van der Waals surface area contributed by atoms with Gasteiger partial charge in [0.25, 0.3) is 0 Å². The molecular weight excluding hydrogens is 192 g/mol. The van der Waals surface area contributed by atoms with Crippen LogP contribution in [0.3, 0.4) is 0 Å². The minimum atomic E-state index is -0.0902. The van der Waals surface area contributed by atoms with Crippen molar-refractivity contribution in [3.63, 3.8) is 0 Å². The van der Waals surface area contributed by atoms with Crippen LogP contribution in [0.15, 0.2) is 0 Å². The minimum absolute atomic E-state index is 0.0902. The van der Waals surface area contributed by atoms with E-state index in [-0.39, 0.29) is 6.10 Å². The van der Waals surface area contributed by atoms with E-state index in [4.69, 9.17) is 9.47 Å². The first-order valence-electron chi connectivity index (χ1n) is 6.19. The fourth-order valence-corrected chi connectivity index (χ4v) is 2.46. The van der Waals surface area contributed by atoms with Crippen LogP contribution in [0.1, 0.15) is 45.4 Å². The lowest BCUT2D eigenvalue weighted by Crippen LogP contribution is -2.27. The normalized spacial score (nSPS) is 42.0. The van der Waals surface area contributed by atoms with E-state index in [0.717, 1.165) is 45.1 Å². The highest BCUT2D eigenvalue weighted by molar-refractivity contribution is 4.74. The average molecular weight is 214 g/mol. The molecule has 2 unspecified atom stereocenters. The Morgan fingerprint density at radius 2 is 1.87 bits per heavy atom. The molecule has 1 aliphatic carbocycles. The number of hydrogen-bond acceptors (Lipinski definition) is 3. The fourth-order valence-electron chi connectivity index (χ4n) is 2.46. The molecule has 2 fully saturated rings. The Morgan fingerprint density at radius 3 is 2.47 bits per heavy atom. The minimum Gasteiger partial charge on any atom is -0.393 e. The van der Waals surface area contributed by atoms with Crippen molar-refractivity contribution in [2.75, 3.05) is 6.61 Å². The summed E-state index contributed by atoms with van der Waals surface area (Å²) in [6, 6.07) is 0. The second kappa shape index (κ2) is 5.28. The van der Waals surface area contributed by atoms with E-state index < -0.39 is 0 Å². The van der Waals surface area contributed by atoms with E-state index >= 15 is 0 Å². The summed E-state index contributed by atoms with van der Waals surface area (Å²) in [5.41, 5.74) is 0. The van der Waals surface area contributed by atoms with E-state index in [0.29, 0.717) is 18.3 Å². The van der Waals surface area contributed by atoms with Crippen molar-refractivity contribution in [1.29, 1.82) is 0 Å². The van der Waals surface area contributed by atoms with E-state index in [2.05, 4.69) is 6.92 Å². The van der Waals surface area contributed by atoms with Gasteiger partial charge in [0.2, 0.25) is 0 Å². The van der Waals surface area contributed by atoms with Crippen molar-refractivity contribution in [3.8, 4) is 0 Å². The van der Waals surface area contributed by atoms with Gasteiger partial charge in [-0.25, -0.2) is 0 Å². The Labute approximate surface area is 91.8 Å². The maximum atomic E-state index is 9.36. The van der Waals surface area contributed by atoms with Crippen LogP contribution in [-0.4, -0.2) is 36.1 Å². The quantitative estimate of drug-likeness (QED) is 0.779. The van der Waals surface area contributed by atoms with Crippen LogP contribution in [0.25, 0.3) is 0 Å². The predicted octanol–water partition coefficient (Wildman–Crippen LogP) is 1.87. The van der Waals surface area contributed by atoms with Crippen LogP contribution in [0.2, 0.25) is 0 Å². The van der Waals surface area contributed by atoms with Crippen molar-refractivity contribution >= 4 is 0 Å². The van der Waals surface area contributed by atoms with E-state index in [9.17, 15) is 5.11 Å². The number of hydrogen-bond donors (Lipinski definition) is 1. The summed E-state index contributed by atoms with van der Waals surface area (Å²) in [4.78, 5) is 0. The number of aliphatic hydroxyl groups is 1. The van der Waals surface area contributed by atoms with E-state index in [1.807, 2.05) is 0 Å². The van der Waals surface area contributed by atoms with Gasteiger partial charge in [-0.3, -0.25) is 0 Å². The van der Waals surface area contributed by atoms with Gasteiger partial charge in [-0.2, -0.15) is 0 Å². The first-order chi connectivity index (χ1) is 7.24. The van der Waals surface area contributed by atoms with Gasteiger partial charge in [0.05, 0.1) is 31.0 Å². The molecule has 1 heterocycles. The van der Waals surface area contributed by atoms with Crippen molar-refractivity contribution < 1.29 is 14.6 Å². The molecule has 0 aromatic carbocycles. The first kappa shape index (κ1) is 11.4. The highest BCUT2D eigenvalue weighted by Crippen LogP contribution is 2.24. The number of aliphatic hydroxyl groups excluding tert-OH is 1. The van der Waals surface area contributed by atoms with Crippen LogP contribution in [0, 0.1) is 0 Å². The summed E-state index contributed by atoms with van der Waals surface area (Å²) in [5, 5.41) is 9.36. The fraction of sp³-hybridized carbons (Fsp3) is 1.00. The lowest BCUT2D eigenvalue weighted by atomic mass is 9.95. The molecule has 0 radical (unpaired) electrons. The number of rotatable bonds is 3. The van der Waals surface area contributed by atoms with Crippen molar-refractivity contribution in [1.82, 2.24) is 0 Å². The van der Waals surface area contributed by atoms with Crippen molar-refractivity contribution in [3.05, 3.63) is 0 Å². The molecule has 0 bridgehead atoms.